The van der Waals surface area contributed by atoms with Crippen LogP contribution in [0.5, 0.6) is 11.5 Å². The molecule has 0 spiro atoms. The SMILES string of the molecule is CC(C)C(N)=Nc1cccc(Oc2ccccc2)c1. The molecule has 0 saturated heterocycles. The van der Waals surface area contributed by atoms with E-state index in [9.17, 15) is 0 Å². The van der Waals surface area contributed by atoms with Crippen molar-refractivity contribution in [3.63, 3.8) is 0 Å². The Kier molecular flexibility index (Phi) is 4.18. The summed E-state index contributed by atoms with van der Waals surface area (Å²) in [6, 6.07) is 17.3. The van der Waals surface area contributed by atoms with Crippen LogP contribution in [0, 0.1) is 5.92 Å². The maximum absolute atomic E-state index is 5.86. The van der Waals surface area contributed by atoms with E-state index in [1.807, 2.05) is 68.4 Å². The van der Waals surface area contributed by atoms with Crippen LogP contribution in [0.25, 0.3) is 0 Å². The molecule has 0 bridgehead atoms. The zero-order chi connectivity index (χ0) is 13.7. The van der Waals surface area contributed by atoms with Crippen LogP contribution in [0.15, 0.2) is 59.6 Å². The highest BCUT2D eigenvalue weighted by Crippen LogP contribution is 2.25. The van der Waals surface area contributed by atoms with Gasteiger partial charge in [0.05, 0.1) is 5.69 Å². The van der Waals surface area contributed by atoms with Gasteiger partial charge in [-0.25, -0.2) is 4.99 Å². The molecule has 0 atom stereocenters. The molecule has 2 aromatic rings. The van der Waals surface area contributed by atoms with Gasteiger partial charge in [-0.2, -0.15) is 0 Å². The first-order valence-electron chi connectivity index (χ1n) is 6.32. The summed E-state index contributed by atoms with van der Waals surface area (Å²) in [5.74, 6) is 2.42. The van der Waals surface area contributed by atoms with Gasteiger partial charge in [0.2, 0.25) is 0 Å². The Balaban J connectivity index is 2.18. The molecule has 0 aliphatic heterocycles. The van der Waals surface area contributed by atoms with Gasteiger partial charge in [0, 0.05) is 12.0 Å². The van der Waals surface area contributed by atoms with Crippen molar-refractivity contribution < 1.29 is 4.74 Å². The fraction of sp³-hybridized carbons (Fsp3) is 0.188. The third kappa shape index (κ3) is 3.85. The highest BCUT2D eigenvalue weighted by molar-refractivity contribution is 5.84. The minimum atomic E-state index is 0.235. The van der Waals surface area contributed by atoms with Gasteiger partial charge < -0.3 is 10.5 Å². The third-order valence-electron chi connectivity index (χ3n) is 2.65. The van der Waals surface area contributed by atoms with Gasteiger partial charge in [-0.1, -0.05) is 38.1 Å². The Morgan fingerprint density at radius 3 is 2.37 bits per heavy atom. The standard InChI is InChI=1S/C16H18N2O/c1-12(2)16(17)18-13-7-6-10-15(11-13)19-14-8-4-3-5-9-14/h3-12H,1-2H3,(H2,17,18). The lowest BCUT2D eigenvalue weighted by Crippen LogP contribution is -2.17. The number of amidine groups is 1. The summed E-state index contributed by atoms with van der Waals surface area (Å²) < 4.78 is 5.75. The van der Waals surface area contributed by atoms with Gasteiger partial charge >= 0.3 is 0 Å². The highest BCUT2D eigenvalue weighted by Gasteiger charge is 2.01. The first kappa shape index (κ1) is 13.1. The van der Waals surface area contributed by atoms with Gasteiger partial charge in [0.15, 0.2) is 0 Å². The first-order valence-corrected chi connectivity index (χ1v) is 6.32. The number of hydrogen-bond donors (Lipinski definition) is 1. The van der Waals surface area contributed by atoms with E-state index < -0.39 is 0 Å². The molecule has 0 aliphatic rings. The molecule has 0 unspecified atom stereocenters. The molecular weight excluding hydrogens is 236 g/mol. The quantitative estimate of drug-likeness (QED) is 0.659. The second-order valence-corrected chi connectivity index (χ2v) is 4.60. The van der Waals surface area contributed by atoms with E-state index in [0.717, 1.165) is 17.2 Å². The Bertz CT molecular complexity index is 562. The molecule has 2 rings (SSSR count). The smallest absolute Gasteiger partial charge is 0.129 e. The van der Waals surface area contributed by atoms with E-state index in [-0.39, 0.29) is 5.92 Å². The lowest BCUT2D eigenvalue weighted by atomic mass is 10.2. The van der Waals surface area contributed by atoms with E-state index >= 15 is 0 Å². The molecule has 0 fully saturated rings. The molecule has 19 heavy (non-hydrogen) atoms. The average molecular weight is 254 g/mol. The topological polar surface area (TPSA) is 47.6 Å². The van der Waals surface area contributed by atoms with Gasteiger partial charge in [-0.05, 0) is 24.3 Å². The predicted molar refractivity (Wildman–Crippen MR) is 79.1 cm³/mol. The first-order chi connectivity index (χ1) is 9.15. The summed E-state index contributed by atoms with van der Waals surface area (Å²) in [5.41, 5.74) is 6.67. The number of rotatable bonds is 4. The predicted octanol–water partition coefficient (Wildman–Crippen LogP) is 4.12. The minimum Gasteiger partial charge on any atom is -0.457 e. The van der Waals surface area contributed by atoms with Crippen molar-refractivity contribution in [3.05, 3.63) is 54.6 Å². The number of benzene rings is 2. The lowest BCUT2D eigenvalue weighted by Gasteiger charge is -2.07. The summed E-state index contributed by atoms with van der Waals surface area (Å²) in [6.45, 7) is 4.03. The molecule has 2 aromatic carbocycles. The highest BCUT2D eigenvalue weighted by atomic mass is 16.5. The minimum absolute atomic E-state index is 0.235. The number of hydrogen-bond acceptors (Lipinski definition) is 2. The molecule has 0 amide bonds. The molecule has 0 aromatic heterocycles. The molecule has 0 aliphatic carbocycles. The molecule has 3 nitrogen and oxygen atoms in total. The van der Waals surface area contributed by atoms with E-state index in [4.69, 9.17) is 10.5 Å². The van der Waals surface area contributed by atoms with Crippen molar-refractivity contribution >= 4 is 11.5 Å². The van der Waals surface area contributed by atoms with Crippen LogP contribution in [0.2, 0.25) is 0 Å². The zero-order valence-corrected chi connectivity index (χ0v) is 11.2. The van der Waals surface area contributed by atoms with Crippen molar-refractivity contribution in [2.24, 2.45) is 16.6 Å². The maximum Gasteiger partial charge on any atom is 0.129 e. The molecule has 0 saturated carbocycles. The van der Waals surface area contributed by atoms with Gasteiger partial charge in [0.25, 0.3) is 0 Å². The molecule has 2 N–H and O–H groups in total. The second-order valence-electron chi connectivity index (χ2n) is 4.60. The fourth-order valence-electron chi connectivity index (χ4n) is 1.52. The van der Waals surface area contributed by atoms with Crippen LogP contribution >= 0.6 is 0 Å². The van der Waals surface area contributed by atoms with Crippen LogP contribution in [0.1, 0.15) is 13.8 Å². The van der Waals surface area contributed by atoms with Crippen molar-refractivity contribution in [1.82, 2.24) is 0 Å². The number of nitrogens with zero attached hydrogens (tertiary/aromatic N) is 1. The van der Waals surface area contributed by atoms with Crippen LogP contribution < -0.4 is 10.5 Å². The maximum atomic E-state index is 5.86. The summed E-state index contributed by atoms with van der Waals surface area (Å²) in [6.07, 6.45) is 0. The van der Waals surface area contributed by atoms with Gasteiger partial charge in [-0.15, -0.1) is 0 Å². The number of ether oxygens (including phenoxy) is 1. The summed E-state index contributed by atoms with van der Waals surface area (Å²) in [4.78, 5) is 4.38. The summed E-state index contributed by atoms with van der Waals surface area (Å²) in [7, 11) is 0. The number of aliphatic imine (C=N–C) groups is 1. The van der Waals surface area contributed by atoms with E-state index in [2.05, 4.69) is 4.99 Å². The Hall–Kier alpha value is -2.29. The van der Waals surface area contributed by atoms with E-state index in [1.165, 1.54) is 0 Å². The van der Waals surface area contributed by atoms with Crippen molar-refractivity contribution in [2.75, 3.05) is 0 Å². The van der Waals surface area contributed by atoms with E-state index in [1.54, 1.807) is 0 Å². The molecule has 3 heteroatoms. The summed E-state index contributed by atoms with van der Waals surface area (Å²) >= 11 is 0. The Morgan fingerprint density at radius 2 is 1.68 bits per heavy atom. The van der Waals surface area contributed by atoms with Gasteiger partial charge in [0.1, 0.15) is 17.3 Å². The lowest BCUT2D eigenvalue weighted by molar-refractivity contribution is 0.483. The molecular formula is C16H18N2O. The number of para-hydroxylation sites is 1. The van der Waals surface area contributed by atoms with Crippen LogP contribution in [-0.2, 0) is 0 Å². The normalized spacial score (nSPS) is 11.6. The second kappa shape index (κ2) is 6.05. The molecule has 98 valence electrons. The largest absolute Gasteiger partial charge is 0.457 e. The van der Waals surface area contributed by atoms with Crippen LogP contribution in [0.4, 0.5) is 5.69 Å². The van der Waals surface area contributed by atoms with Crippen molar-refractivity contribution in [1.29, 1.82) is 0 Å². The van der Waals surface area contributed by atoms with Gasteiger partial charge in [-0.3, -0.25) is 0 Å². The van der Waals surface area contributed by atoms with Crippen LogP contribution in [-0.4, -0.2) is 5.84 Å². The van der Waals surface area contributed by atoms with E-state index in [0.29, 0.717) is 5.84 Å². The molecule has 0 heterocycles. The van der Waals surface area contributed by atoms with Crippen LogP contribution in [0.3, 0.4) is 0 Å². The zero-order valence-electron chi connectivity index (χ0n) is 11.2. The third-order valence-corrected chi connectivity index (χ3v) is 2.65. The van der Waals surface area contributed by atoms with Crippen molar-refractivity contribution in [3.8, 4) is 11.5 Å². The fourth-order valence-corrected chi connectivity index (χ4v) is 1.52. The van der Waals surface area contributed by atoms with Crippen molar-refractivity contribution in [2.45, 2.75) is 13.8 Å². The Labute approximate surface area is 113 Å². The molecule has 0 radical (unpaired) electrons. The summed E-state index contributed by atoms with van der Waals surface area (Å²) in [5, 5.41) is 0. The number of nitrogens with two attached hydrogens (primary N) is 1. The monoisotopic (exact) mass is 254 g/mol. The Morgan fingerprint density at radius 1 is 1.00 bits per heavy atom. The average Bonchev–Trinajstić information content (AvgIpc) is 2.40.